The lowest BCUT2D eigenvalue weighted by Gasteiger charge is -2.11. The van der Waals surface area contributed by atoms with Crippen molar-refractivity contribution in [3.05, 3.63) is 89.0 Å². The zero-order chi connectivity index (χ0) is 24.3. The van der Waals surface area contributed by atoms with Gasteiger partial charge in [-0.05, 0) is 67.6 Å². The van der Waals surface area contributed by atoms with Gasteiger partial charge in [0.25, 0.3) is 11.8 Å². The Bertz CT molecular complexity index is 1220. The van der Waals surface area contributed by atoms with Crippen LogP contribution in [0, 0.1) is 11.3 Å². The number of benzene rings is 3. The van der Waals surface area contributed by atoms with Crippen LogP contribution in [0.4, 0.5) is 11.4 Å². The van der Waals surface area contributed by atoms with Crippen LogP contribution < -0.4 is 20.1 Å². The predicted molar refractivity (Wildman–Crippen MR) is 132 cm³/mol. The normalized spacial score (nSPS) is 10.7. The van der Waals surface area contributed by atoms with Crippen LogP contribution in [0.1, 0.15) is 12.5 Å². The lowest BCUT2D eigenvalue weighted by Crippen LogP contribution is -2.20. The summed E-state index contributed by atoms with van der Waals surface area (Å²) in [7, 11) is 0. The molecule has 3 aromatic rings. The molecule has 0 saturated carbocycles. The first kappa shape index (κ1) is 24.4. The smallest absolute Gasteiger partial charge is 0.266 e. The number of halogens is 1. The van der Waals surface area contributed by atoms with Crippen LogP contribution in [-0.2, 0) is 9.59 Å². The number of ether oxygens (including phenoxy) is 2. The first-order valence-corrected chi connectivity index (χ1v) is 10.8. The highest BCUT2D eigenvalue weighted by atomic mass is 35.5. The van der Waals surface area contributed by atoms with Gasteiger partial charge in [-0.25, -0.2) is 0 Å². The van der Waals surface area contributed by atoms with E-state index in [9.17, 15) is 14.9 Å². The van der Waals surface area contributed by atoms with Crippen LogP contribution in [0.25, 0.3) is 6.08 Å². The third kappa shape index (κ3) is 7.12. The van der Waals surface area contributed by atoms with Crippen molar-refractivity contribution in [2.24, 2.45) is 0 Å². The summed E-state index contributed by atoms with van der Waals surface area (Å²) in [5.74, 6) is 0.0204. The van der Waals surface area contributed by atoms with Gasteiger partial charge in [0.2, 0.25) is 0 Å². The summed E-state index contributed by atoms with van der Waals surface area (Å²) in [4.78, 5) is 24.9. The first-order chi connectivity index (χ1) is 16.5. The van der Waals surface area contributed by atoms with Gasteiger partial charge in [0, 0.05) is 22.0 Å². The number of rotatable bonds is 9. The highest BCUT2D eigenvalue weighted by Crippen LogP contribution is 2.26. The summed E-state index contributed by atoms with van der Waals surface area (Å²) in [6, 6.07) is 22.4. The number of carbonyl (C=O) groups is 2. The molecule has 0 spiro atoms. The molecule has 2 N–H and O–H groups in total. The van der Waals surface area contributed by atoms with Crippen LogP contribution in [0.15, 0.2) is 78.4 Å². The van der Waals surface area contributed by atoms with Gasteiger partial charge in [-0.1, -0.05) is 29.8 Å². The molecule has 7 nitrogen and oxygen atoms in total. The fourth-order valence-corrected chi connectivity index (χ4v) is 3.11. The maximum atomic E-state index is 12.7. The zero-order valence-corrected chi connectivity index (χ0v) is 19.1. The fourth-order valence-electron chi connectivity index (χ4n) is 2.93. The number of nitrogens with zero attached hydrogens (tertiary/aromatic N) is 1. The molecular formula is C26H22ClN3O4. The molecule has 0 bridgehead atoms. The van der Waals surface area contributed by atoms with Crippen molar-refractivity contribution in [1.82, 2.24) is 0 Å². The largest absolute Gasteiger partial charge is 0.494 e. The topological polar surface area (TPSA) is 100 Å². The quantitative estimate of drug-likeness (QED) is 0.323. The Balaban J connectivity index is 1.72. The van der Waals surface area contributed by atoms with Gasteiger partial charge in [0.1, 0.15) is 23.1 Å². The van der Waals surface area contributed by atoms with Crippen LogP contribution in [0.2, 0.25) is 5.02 Å². The van der Waals surface area contributed by atoms with Crippen LogP contribution in [0.3, 0.4) is 0 Å². The van der Waals surface area contributed by atoms with Crippen LogP contribution >= 0.6 is 11.6 Å². The number of nitriles is 1. The van der Waals surface area contributed by atoms with E-state index in [4.69, 9.17) is 21.1 Å². The second kappa shape index (κ2) is 12.1. The molecule has 0 aliphatic heterocycles. The molecule has 0 atom stereocenters. The Morgan fingerprint density at radius 1 is 0.971 bits per heavy atom. The lowest BCUT2D eigenvalue weighted by molar-refractivity contribution is -0.118. The van der Waals surface area contributed by atoms with Crippen molar-refractivity contribution in [3.63, 3.8) is 0 Å². The zero-order valence-electron chi connectivity index (χ0n) is 18.4. The van der Waals surface area contributed by atoms with E-state index in [1.54, 1.807) is 66.7 Å². The average molecular weight is 476 g/mol. The molecule has 0 aliphatic carbocycles. The van der Waals surface area contributed by atoms with E-state index >= 15 is 0 Å². The molecule has 8 heteroatoms. The van der Waals surface area contributed by atoms with E-state index < -0.39 is 5.91 Å². The van der Waals surface area contributed by atoms with Crippen molar-refractivity contribution < 1.29 is 19.1 Å². The Morgan fingerprint density at radius 3 is 2.35 bits per heavy atom. The molecule has 34 heavy (non-hydrogen) atoms. The Morgan fingerprint density at radius 2 is 1.68 bits per heavy atom. The molecule has 0 unspecified atom stereocenters. The number of amides is 2. The number of nitrogens with one attached hydrogen (secondary N) is 2. The molecule has 0 radical (unpaired) electrons. The van der Waals surface area contributed by atoms with Crippen molar-refractivity contribution in [2.45, 2.75) is 6.92 Å². The third-order valence-electron chi connectivity index (χ3n) is 4.48. The summed E-state index contributed by atoms with van der Waals surface area (Å²) >= 11 is 6.10. The molecule has 0 aromatic heterocycles. The van der Waals surface area contributed by atoms with Gasteiger partial charge in [-0.2, -0.15) is 5.26 Å². The Kier molecular flexibility index (Phi) is 8.67. The molecule has 3 aromatic carbocycles. The van der Waals surface area contributed by atoms with Gasteiger partial charge in [0.15, 0.2) is 6.61 Å². The molecular weight excluding hydrogens is 454 g/mol. The maximum Gasteiger partial charge on any atom is 0.266 e. The Hall–Kier alpha value is -4.28. The fraction of sp³-hybridized carbons (Fsp3) is 0.115. The Labute approximate surface area is 202 Å². The first-order valence-electron chi connectivity index (χ1n) is 10.4. The van der Waals surface area contributed by atoms with Crippen molar-refractivity contribution in [1.29, 1.82) is 5.26 Å². The van der Waals surface area contributed by atoms with E-state index in [1.165, 1.54) is 6.08 Å². The van der Waals surface area contributed by atoms with Crippen molar-refractivity contribution >= 4 is 40.9 Å². The van der Waals surface area contributed by atoms with Gasteiger partial charge >= 0.3 is 0 Å². The summed E-state index contributed by atoms with van der Waals surface area (Å²) in [5, 5.41) is 15.3. The molecule has 3 rings (SSSR count). The van der Waals surface area contributed by atoms with Crippen LogP contribution in [0.5, 0.6) is 11.5 Å². The molecule has 2 amide bonds. The SMILES string of the molecule is CCOc1ccc(NC(=O)/C(C#N)=C/c2cc(Cl)ccc2OCC(=O)Nc2ccccc2)cc1. The number of para-hydroxylation sites is 1. The van der Waals surface area contributed by atoms with Crippen LogP contribution in [-0.4, -0.2) is 25.0 Å². The van der Waals surface area contributed by atoms with E-state index in [0.29, 0.717) is 40.1 Å². The average Bonchev–Trinajstić information content (AvgIpc) is 2.84. The van der Waals surface area contributed by atoms with Gasteiger partial charge < -0.3 is 20.1 Å². The van der Waals surface area contributed by atoms with Crippen molar-refractivity contribution in [3.8, 4) is 17.6 Å². The maximum absolute atomic E-state index is 12.7. The predicted octanol–water partition coefficient (Wildman–Crippen LogP) is 5.30. The summed E-state index contributed by atoms with van der Waals surface area (Å²) in [6.07, 6.45) is 1.36. The number of carbonyl (C=O) groups excluding carboxylic acids is 2. The number of hydrogen-bond donors (Lipinski definition) is 2. The van der Waals surface area contributed by atoms with E-state index in [0.717, 1.165) is 0 Å². The standard InChI is InChI=1S/C26H22ClN3O4/c1-2-33-23-11-9-22(10-12-23)30-26(32)19(16-28)14-18-15-20(27)8-13-24(18)34-17-25(31)29-21-6-4-3-5-7-21/h3-15H,2,17H2,1H3,(H,29,31)(H,30,32)/b19-14+. The third-order valence-corrected chi connectivity index (χ3v) is 4.71. The molecule has 0 fully saturated rings. The number of hydrogen-bond acceptors (Lipinski definition) is 5. The molecule has 172 valence electrons. The second-order valence-electron chi connectivity index (χ2n) is 6.97. The van der Waals surface area contributed by atoms with Crippen molar-refractivity contribution in [2.75, 3.05) is 23.8 Å². The summed E-state index contributed by atoms with van der Waals surface area (Å²) in [5.41, 5.74) is 1.38. The minimum absolute atomic E-state index is 0.158. The number of anilines is 2. The van der Waals surface area contributed by atoms with E-state index in [-0.39, 0.29) is 18.1 Å². The lowest BCUT2D eigenvalue weighted by atomic mass is 10.1. The highest BCUT2D eigenvalue weighted by Gasteiger charge is 2.13. The monoisotopic (exact) mass is 475 g/mol. The van der Waals surface area contributed by atoms with E-state index in [1.807, 2.05) is 19.1 Å². The van der Waals surface area contributed by atoms with E-state index in [2.05, 4.69) is 10.6 Å². The van der Waals surface area contributed by atoms with Gasteiger partial charge in [0.05, 0.1) is 6.61 Å². The second-order valence-corrected chi connectivity index (χ2v) is 7.40. The molecule has 0 saturated heterocycles. The summed E-state index contributed by atoms with van der Waals surface area (Å²) < 4.78 is 11.0. The molecule has 0 aliphatic rings. The van der Waals surface area contributed by atoms with Gasteiger partial charge in [-0.15, -0.1) is 0 Å². The summed E-state index contributed by atoms with van der Waals surface area (Å²) in [6.45, 7) is 2.14. The minimum atomic E-state index is -0.598. The highest BCUT2D eigenvalue weighted by molar-refractivity contribution is 6.30. The molecule has 0 heterocycles. The minimum Gasteiger partial charge on any atom is -0.494 e. The van der Waals surface area contributed by atoms with Gasteiger partial charge in [-0.3, -0.25) is 9.59 Å².